The minimum atomic E-state index is 0.764. The minimum absolute atomic E-state index is 0.764. The standard InChI is InChI=1S/C32H50O/c1-3-23-33-24-28-13-17-30(18-14-28)32-21-19-31(20-22-32)29-15-11-27(12-16-29)10-9-26-7-5-25(4-2)6-8-26/h4,13-14,17-18,25-27,29,31-32H,2-3,5-12,15-16,19-24H2,1H3/t25-,26-,27-,29-,31?,32?. The Labute approximate surface area is 204 Å². The molecule has 1 aromatic carbocycles. The van der Waals surface area contributed by atoms with Crippen molar-refractivity contribution >= 4 is 0 Å². The molecule has 0 radical (unpaired) electrons. The topological polar surface area (TPSA) is 9.23 Å². The molecule has 3 saturated carbocycles. The molecule has 0 spiro atoms. The zero-order chi connectivity index (χ0) is 22.9. The van der Waals surface area contributed by atoms with Crippen LogP contribution in [0.2, 0.25) is 0 Å². The van der Waals surface area contributed by atoms with Crippen molar-refractivity contribution in [2.45, 2.75) is 116 Å². The summed E-state index contributed by atoms with van der Waals surface area (Å²) in [5.74, 6) is 5.71. The molecule has 3 aliphatic carbocycles. The molecule has 184 valence electrons. The molecule has 0 unspecified atom stereocenters. The van der Waals surface area contributed by atoms with Crippen LogP contribution in [-0.2, 0) is 11.3 Å². The van der Waals surface area contributed by atoms with Gasteiger partial charge in [-0.25, -0.2) is 0 Å². The van der Waals surface area contributed by atoms with Gasteiger partial charge in [0.05, 0.1) is 6.61 Å². The maximum atomic E-state index is 5.69. The van der Waals surface area contributed by atoms with Gasteiger partial charge in [0, 0.05) is 6.61 Å². The molecular weight excluding hydrogens is 400 g/mol. The van der Waals surface area contributed by atoms with Gasteiger partial charge in [0.25, 0.3) is 0 Å². The van der Waals surface area contributed by atoms with Gasteiger partial charge in [-0.05, 0) is 117 Å². The first-order valence-electron chi connectivity index (χ1n) is 14.5. The van der Waals surface area contributed by atoms with Crippen LogP contribution >= 0.6 is 0 Å². The average Bonchev–Trinajstić information content (AvgIpc) is 2.89. The minimum Gasteiger partial charge on any atom is -0.377 e. The van der Waals surface area contributed by atoms with Gasteiger partial charge in [0.2, 0.25) is 0 Å². The number of hydrogen-bond acceptors (Lipinski definition) is 1. The lowest BCUT2D eigenvalue weighted by Crippen LogP contribution is -2.25. The summed E-state index contributed by atoms with van der Waals surface area (Å²) in [6.45, 7) is 7.80. The lowest BCUT2D eigenvalue weighted by Gasteiger charge is -2.38. The highest BCUT2D eigenvalue weighted by Crippen LogP contribution is 2.45. The second kappa shape index (κ2) is 13.1. The summed E-state index contributed by atoms with van der Waals surface area (Å²) >= 11 is 0. The fourth-order valence-corrected chi connectivity index (χ4v) is 7.28. The van der Waals surface area contributed by atoms with E-state index in [2.05, 4.69) is 43.8 Å². The van der Waals surface area contributed by atoms with Gasteiger partial charge < -0.3 is 4.74 Å². The normalized spacial score (nSPS) is 33.0. The molecular formula is C32H50O. The van der Waals surface area contributed by atoms with Gasteiger partial charge in [0.1, 0.15) is 0 Å². The van der Waals surface area contributed by atoms with E-state index in [1.54, 1.807) is 5.56 Å². The van der Waals surface area contributed by atoms with E-state index < -0.39 is 0 Å². The van der Waals surface area contributed by atoms with Crippen molar-refractivity contribution in [1.29, 1.82) is 0 Å². The fraction of sp³-hybridized carbons (Fsp3) is 0.750. The second-order valence-electron chi connectivity index (χ2n) is 11.8. The molecule has 0 saturated heterocycles. The Morgan fingerprint density at radius 1 is 0.758 bits per heavy atom. The van der Waals surface area contributed by atoms with Crippen LogP contribution in [0.5, 0.6) is 0 Å². The van der Waals surface area contributed by atoms with Crippen LogP contribution in [-0.4, -0.2) is 6.61 Å². The van der Waals surface area contributed by atoms with Crippen LogP contribution in [0.25, 0.3) is 0 Å². The lowest BCUT2D eigenvalue weighted by atomic mass is 9.67. The van der Waals surface area contributed by atoms with Gasteiger partial charge in [-0.3, -0.25) is 0 Å². The Morgan fingerprint density at radius 3 is 1.85 bits per heavy atom. The van der Waals surface area contributed by atoms with Crippen LogP contribution in [0.3, 0.4) is 0 Å². The van der Waals surface area contributed by atoms with Crippen molar-refractivity contribution in [3.8, 4) is 0 Å². The third-order valence-electron chi connectivity index (χ3n) is 9.61. The summed E-state index contributed by atoms with van der Waals surface area (Å²) in [6.07, 6.45) is 23.9. The largest absolute Gasteiger partial charge is 0.377 e. The van der Waals surface area contributed by atoms with Gasteiger partial charge in [-0.2, -0.15) is 0 Å². The maximum absolute atomic E-state index is 5.69. The van der Waals surface area contributed by atoms with Gasteiger partial charge in [-0.1, -0.05) is 62.9 Å². The highest BCUT2D eigenvalue weighted by molar-refractivity contribution is 5.25. The summed E-state index contributed by atoms with van der Waals surface area (Å²) in [6, 6.07) is 9.35. The van der Waals surface area contributed by atoms with Crippen LogP contribution in [0, 0.1) is 29.6 Å². The predicted molar refractivity (Wildman–Crippen MR) is 141 cm³/mol. The molecule has 0 amide bonds. The molecule has 1 aromatic rings. The quantitative estimate of drug-likeness (QED) is 0.255. The Morgan fingerprint density at radius 2 is 1.30 bits per heavy atom. The van der Waals surface area contributed by atoms with E-state index in [0.29, 0.717) is 0 Å². The molecule has 1 nitrogen and oxygen atoms in total. The molecule has 3 fully saturated rings. The molecule has 0 atom stereocenters. The summed E-state index contributed by atoms with van der Waals surface area (Å²) in [7, 11) is 0. The number of benzene rings is 1. The zero-order valence-corrected chi connectivity index (χ0v) is 21.5. The first kappa shape index (κ1) is 25.0. The van der Waals surface area contributed by atoms with E-state index in [0.717, 1.165) is 55.1 Å². The van der Waals surface area contributed by atoms with E-state index in [4.69, 9.17) is 4.74 Å². The summed E-state index contributed by atoms with van der Waals surface area (Å²) in [4.78, 5) is 0. The monoisotopic (exact) mass is 450 g/mol. The second-order valence-corrected chi connectivity index (χ2v) is 11.8. The van der Waals surface area contributed by atoms with Crippen LogP contribution < -0.4 is 0 Å². The van der Waals surface area contributed by atoms with Gasteiger partial charge in [0.15, 0.2) is 0 Å². The number of rotatable bonds is 10. The molecule has 0 N–H and O–H groups in total. The third kappa shape index (κ3) is 7.45. The zero-order valence-electron chi connectivity index (χ0n) is 21.5. The Hall–Kier alpha value is -1.08. The van der Waals surface area contributed by atoms with Gasteiger partial charge in [-0.15, -0.1) is 6.58 Å². The predicted octanol–water partition coefficient (Wildman–Crippen LogP) is 9.47. The maximum Gasteiger partial charge on any atom is 0.0716 e. The van der Waals surface area contributed by atoms with Crippen molar-refractivity contribution in [3.63, 3.8) is 0 Å². The van der Waals surface area contributed by atoms with E-state index in [9.17, 15) is 0 Å². The Bertz CT molecular complexity index is 667. The van der Waals surface area contributed by atoms with E-state index in [1.807, 2.05) is 0 Å². The smallest absolute Gasteiger partial charge is 0.0716 e. The number of allylic oxidation sites excluding steroid dienone is 1. The fourth-order valence-electron chi connectivity index (χ4n) is 7.28. The van der Waals surface area contributed by atoms with Crippen molar-refractivity contribution in [2.24, 2.45) is 29.6 Å². The van der Waals surface area contributed by atoms with E-state index in [-0.39, 0.29) is 0 Å². The Kier molecular flexibility index (Phi) is 9.95. The highest BCUT2D eigenvalue weighted by atomic mass is 16.5. The summed E-state index contributed by atoms with van der Waals surface area (Å²) in [5.41, 5.74) is 2.89. The number of hydrogen-bond donors (Lipinski definition) is 0. The molecule has 0 aromatic heterocycles. The first-order valence-corrected chi connectivity index (χ1v) is 14.5. The average molecular weight is 451 g/mol. The highest BCUT2D eigenvalue weighted by Gasteiger charge is 2.31. The summed E-state index contributed by atoms with van der Waals surface area (Å²) in [5, 5.41) is 0. The van der Waals surface area contributed by atoms with Crippen molar-refractivity contribution in [3.05, 3.63) is 48.0 Å². The third-order valence-corrected chi connectivity index (χ3v) is 9.61. The molecule has 0 heterocycles. The van der Waals surface area contributed by atoms with Crippen LogP contribution in [0.15, 0.2) is 36.9 Å². The molecule has 33 heavy (non-hydrogen) atoms. The van der Waals surface area contributed by atoms with Crippen molar-refractivity contribution < 1.29 is 4.74 Å². The SMILES string of the molecule is C=C[C@H]1CC[C@H](CC[C@H]2CC[C@H](C3CCC(c4ccc(COCCC)cc4)CC3)CC2)CC1. The molecule has 3 aliphatic rings. The van der Waals surface area contributed by atoms with Crippen LogP contribution in [0.1, 0.15) is 120 Å². The molecule has 0 aliphatic heterocycles. The van der Waals surface area contributed by atoms with Crippen molar-refractivity contribution in [1.82, 2.24) is 0 Å². The van der Waals surface area contributed by atoms with Crippen LogP contribution in [0.4, 0.5) is 0 Å². The van der Waals surface area contributed by atoms with E-state index >= 15 is 0 Å². The van der Waals surface area contributed by atoms with Crippen molar-refractivity contribution in [2.75, 3.05) is 6.61 Å². The molecule has 0 bridgehead atoms. The lowest BCUT2D eigenvalue weighted by molar-refractivity contribution is 0.121. The molecule has 1 heteroatoms. The van der Waals surface area contributed by atoms with E-state index in [1.165, 1.54) is 95.5 Å². The first-order chi connectivity index (χ1) is 16.2. The molecule has 4 rings (SSSR count). The van der Waals surface area contributed by atoms with Gasteiger partial charge >= 0.3 is 0 Å². The Balaban J connectivity index is 1.12. The number of ether oxygens (including phenoxy) is 1. The summed E-state index contributed by atoms with van der Waals surface area (Å²) < 4.78 is 5.69.